The van der Waals surface area contributed by atoms with Crippen LogP contribution in [0.4, 0.5) is 14.5 Å². The summed E-state index contributed by atoms with van der Waals surface area (Å²) in [4.78, 5) is 20.3. The Morgan fingerprint density at radius 1 is 1.00 bits per heavy atom. The van der Waals surface area contributed by atoms with Gasteiger partial charge in [0.15, 0.2) is 17.4 Å². The molecule has 9 heteroatoms. The molecule has 7 nitrogen and oxygen atoms in total. The van der Waals surface area contributed by atoms with Crippen molar-refractivity contribution < 1.29 is 13.5 Å². The molecule has 0 spiro atoms. The van der Waals surface area contributed by atoms with Gasteiger partial charge < -0.3 is 14.5 Å². The lowest BCUT2D eigenvalue weighted by Gasteiger charge is -2.34. The molecule has 37 heavy (non-hydrogen) atoms. The molecule has 0 saturated carbocycles. The van der Waals surface area contributed by atoms with Gasteiger partial charge in [0, 0.05) is 55.7 Å². The van der Waals surface area contributed by atoms with E-state index < -0.39 is 11.6 Å². The predicted octanol–water partition coefficient (Wildman–Crippen LogP) is 4.07. The lowest BCUT2D eigenvalue weighted by Crippen LogP contribution is -2.44. The van der Waals surface area contributed by atoms with E-state index in [1.54, 1.807) is 6.07 Å². The Kier molecular flexibility index (Phi) is 7.35. The van der Waals surface area contributed by atoms with Crippen LogP contribution in [0.15, 0.2) is 30.5 Å². The van der Waals surface area contributed by atoms with E-state index in [0.29, 0.717) is 36.6 Å². The molecule has 3 aromatic rings. The van der Waals surface area contributed by atoms with E-state index in [0.717, 1.165) is 50.3 Å². The van der Waals surface area contributed by atoms with E-state index in [2.05, 4.69) is 37.8 Å². The van der Waals surface area contributed by atoms with Crippen molar-refractivity contribution in [3.05, 3.63) is 64.9 Å². The number of pyridine rings is 1. The first kappa shape index (κ1) is 25.5. The number of aromatic nitrogens is 3. The fraction of sp³-hybridized carbons (Fsp3) is 0.464. The number of hydrogen-bond donors (Lipinski definition) is 0. The van der Waals surface area contributed by atoms with E-state index in [9.17, 15) is 8.78 Å². The summed E-state index contributed by atoms with van der Waals surface area (Å²) >= 11 is 0. The Morgan fingerprint density at radius 2 is 1.78 bits per heavy atom. The van der Waals surface area contributed by atoms with Gasteiger partial charge >= 0.3 is 0 Å². The van der Waals surface area contributed by atoms with Gasteiger partial charge in [0.2, 0.25) is 0 Å². The second-order valence-corrected chi connectivity index (χ2v) is 10.2. The fourth-order valence-electron chi connectivity index (χ4n) is 4.98. The third kappa shape index (κ3) is 5.57. The zero-order chi connectivity index (χ0) is 26.1. The lowest BCUT2D eigenvalue weighted by atomic mass is 10.1. The topological polar surface area (TPSA) is 57.6 Å². The molecular weight excluding hydrogens is 474 g/mol. The maximum atomic E-state index is 15.0. The van der Waals surface area contributed by atoms with Gasteiger partial charge in [-0.25, -0.2) is 18.7 Å². The second kappa shape index (κ2) is 10.7. The largest absolute Gasteiger partial charge is 0.486 e. The molecule has 0 aliphatic carbocycles. The van der Waals surface area contributed by atoms with Gasteiger partial charge in [0.1, 0.15) is 18.1 Å². The number of aryl methyl sites for hydroxylation is 1. The van der Waals surface area contributed by atoms with Gasteiger partial charge in [-0.15, -0.1) is 0 Å². The van der Waals surface area contributed by atoms with Gasteiger partial charge in [0.05, 0.1) is 24.8 Å². The predicted molar refractivity (Wildman–Crippen MR) is 140 cm³/mol. The van der Waals surface area contributed by atoms with Gasteiger partial charge in [-0.1, -0.05) is 6.07 Å². The van der Waals surface area contributed by atoms with Crippen LogP contribution in [0, 0.1) is 18.6 Å². The molecule has 0 bridgehead atoms. The van der Waals surface area contributed by atoms with E-state index in [1.165, 1.54) is 11.6 Å². The third-order valence-corrected chi connectivity index (χ3v) is 7.18. The van der Waals surface area contributed by atoms with Crippen LogP contribution in [-0.4, -0.2) is 77.2 Å². The van der Waals surface area contributed by atoms with Crippen LogP contribution in [0.3, 0.4) is 0 Å². The maximum absolute atomic E-state index is 15.0. The molecule has 2 aliphatic rings. The van der Waals surface area contributed by atoms with Gasteiger partial charge in [0.25, 0.3) is 0 Å². The van der Waals surface area contributed by atoms with Crippen LogP contribution in [0.5, 0.6) is 5.75 Å². The summed E-state index contributed by atoms with van der Waals surface area (Å²) in [6.45, 7) is 12.3. The van der Waals surface area contributed by atoms with Gasteiger partial charge in [-0.3, -0.25) is 9.88 Å². The number of piperazine rings is 1. The van der Waals surface area contributed by atoms with Crippen molar-refractivity contribution in [1.29, 1.82) is 0 Å². The average Bonchev–Trinajstić information content (AvgIpc) is 2.87. The number of benzene rings is 1. The van der Waals surface area contributed by atoms with E-state index in [-0.39, 0.29) is 17.5 Å². The van der Waals surface area contributed by atoms with Gasteiger partial charge in [-0.2, -0.15) is 0 Å². The highest BCUT2D eigenvalue weighted by Crippen LogP contribution is 2.39. The molecule has 5 rings (SSSR count). The molecular formula is C28H34F2N6O. The van der Waals surface area contributed by atoms with Crippen LogP contribution < -0.4 is 9.64 Å². The molecule has 1 saturated heterocycles. The van der Waals surface area contributed by atoms with Gasteiger partial charge in [-0.05, 0) is 51.6 Å². The van der Waals surface area contributed by atoms with Crippen LogP contribution in [0.1, 0.15) is 36.6 Å². The standard InChI is InChI=1S/C28H34F2N6O/c1-18(2)36-11-12-37-28-23(29)13-21(14-25(28)36)27-24(30)16-31-26(33-27)15-22-6-5-20(19(3)32-22)17-35-9-7-34(4)8-10-35/h5-6,13-14,16,18H,7-12,15,17H2,1-4H3. The molecule has 0 N–H and O–H groups in total. The molecule has 4 heterocycles. The van der Waals surface area contributed by atoms with Crippen LogP contribution >= 0.6 is 0 Å². The zero-order valence-corrected chi connectivity index (χ0v) is 22.0. The SMILES string of the molecule is Cc1nc(Cc2ncc(F)c(-c3cc(F)c4c(c3)N(C(C)C)CCO4)n2)ccc1CN1CCN(C)CC1. The molecule has 0 atom stereocenters. The molecule has 1 fully saturated rings. The summed E-state index contributed by atoms with van der Waals surface area (Å²) in [5.74, 6) is -0.479. The molecule has 2 aliphatic heterocycles. The first-order chi connectivity index (χ1) is 17.8. The Hall–Kier alpha value is -3.17. The quantitative estimate of drug-likeness (QED) is 0.498. The first-order valence-electron chi connectivity index (χ1n) is 12.9. The third-order valence-electron chi connectivity index (χ3n) is 7.18. The summed E-state index contributed by atoms with van der Waals surface area (Å²) in [6, 6.07) is 7.29. The Bertz CT molecular complexity index is 1280. The van der Waals surface area contributed by atoms with Crippen molar-refractivity contribution in [2.75, 3.05) is 51.3 Å². The number of likely N-dealkylation sites (N-methyl/N-ethyl adjacent to an activating group) is 1. The minimum atomic E-state index is -0.595. The number of rotatable bonds is 6. The maximum Gasteiger partial charge on any atom is 0.178 e. The van der Waals surface area contributed by atoms with E-state index in [1.807, 2.05) is 26.8 Å². The average molecular weight is 509 g/mol. The Labute approximate surface area is 217 Å². The monoisotopic (exact) mass is 508 g/mol. The van der Waals surface area contributed by atoms with Crippen LogP contribution in [0.25, 0.3) is 11.3 Å². The Balaban J connectivity index is 1.37. The highest BCUT2D eigenvalue weighted by Gasteiger charge is 2.26. The number of ether oxygens (including phenoxy) is 1. The van der Waals surface area contributed by atoms with Crippen LogP contribution in [-0.2, 0) is 13.0 Å². The van der Waals surface area contributed by atoms with E-state index >= 15 is 0 Å². The normalized spacial score (nSPS) is 16.7. The molecule has 1 aromatic carbocycles. The van der Waals surface area contributed by atoms with Crippen molar-refractivity contribution >= 4 is 5.69 Å². The highest BCUT2D eigenvalue weighted by molar-refractivity contribution is 5.72. The molecule has 0 unspecified atom stereocenters. The molecule has 196 valence electrons. The van der Waals surface area contributed by atoms with E-state index in [4.69, 9.17) is 9.72 Å². The number of fused-ring (bicyclic) bond motifs is 1. The first-order valence-corrected chi connectivity index (χ1v) is 12.9. The highest BCUT2D eigenvalue weighted by atomic mass is 19.1. The number of nitrogens with zero attached hydrogens (tertiary/aromatic N) is 6. The summed E-state index contributed by atoms with van der Waals surface area (Å²) in [5.41, 5.74) is 4.04. The lowest BCUT2D eigenvalue weighted by molar-refractivity contribution is 0.148. The molecule has 0 amide bonds. The van der Waals surface area contributed by atoms with Crippen molar-refractivity contribution in [1.82, 2.24) is 24.8 Å². The van der Waals surface area contributed by atoms with Crippen LogP contribution in [0.2, 0.25) is 0 Å². The summed E-state index contributed by atoms with van der Waals surface area (Å²) in [5, 5.41) is 0. The zero-order valence-electron chi connectivity index (χ0n) is 22.0. The number of anilines is 1. The number of halogens is 2. The van der Waals surface area contributed by atoms with Crippen molar-refractivity contribution in [2.24, 2.45) is 0 Å². The minimum Gasteiger partial charge on any atom is -0.486 e. The summed E-state index contributed by atoms with van der Waals surface area (Å²) in [7, 11) is 2.15. The molecule has 2 aromatic heterocycles. The Morgan fingerprint density at radius 3 is 2.51 bits per heavy atom. The minimum absolute atomic E-state index is 0.0735. The summed E-state index contributed by atoms with van der Waals surface area (Å²) < 4.78 is 35.4. The summed E-state index contributed by atoms with van der Waals surface area (Å²) in [6.07, 6.45) is 1.51. The van der Waals surface area contributed by atoms with Crippen molar-refractivity contribution in [2.45, 2.75) is 39.8 Å². The fourth-order valence-corrected chi connectivity index (χ4v) is 4.98. The smallest absolute Gasteiger partial charge is 0.178 e. The second-order valence-electron chi connectivity index (χ2n) is 10.2. The molecule has 0 radical (unpaired) electrons. The van der Waals surface area contributed by atoms with Crippen molar-refractivity contribution in [3.63, 3.8) is 0 Å². The van der Waals surface area contributed by atoms with Crippen molar-refractivity contribution in [3.8, 4) is 17.0 Å². The number of hydrogen-bond acceptors (Lipinski definition) is 7.